The lowest BCUT2D eigenvalue weighted by molar-refractivity contribution is -0.127. The molecule has 10 heteroatoms. The van der Waals surface area contributed by atoms with Gasteiger partial charge in [0.1, 0.15) is 18.2 Å². The standard InChI is InChI=1S/C21H18F2N2O5S/c1-3-30-16-7-4-12(8-17(16)29-2)9-18-20(27)25(21(28)31-18)11-19(26)24-15-6-5-13(22)10-14(15)23/h4-10H,3,11H2,1-2H3,(H,24,26)/b18-9+. The number of rotatable bonds is 7. The molecule has 7 nitrogen and oxygen atoms in total. The van der Waals surface area contributed by atoms with Gasteiger partial charge < -0.3 is 14.8 Å². The lowest BCUT2D eigenvalue weighted by Gasteiger charge is -2.13. The van der Waals surface area contributed by atoms with Gasteiger partial charge in [-0.2, -0.15) is 0 Å². The van der Waals surface area contributed by atoms with E-state index in [1.807, 2.05) is 6.92 Å². The fourth-order valence-electron chi connectivity index (χ4n) is 2.76. The molecule has 0 aliphatic carbocycles. The maximum absolute atomic E-state index is 13.7. The number of carbonyl (C=O) groups excluding carboxylic acids is 3. The molecular weight excluding hydrogens is 430 g/mol. The van der Waals surface area contributed by atoms with Crippen molar-refractivity contribution in [3.8, 4) is 11.5 Å². The highest BCUT2D eigenvalue weighted by atomic mass is 32.2. The van der Waals surface area contributed by atoms with Gasteiger partial charge in [0.15, 0.2) is 11.5 Å². The van der Waals surface area contributed by atoms with Crippen LogP contribution in [0.15, 0.2) is 41.3 Å². The Balaban J connectivity index is 1.72. The maximum Gasteiger partial charge on any atom is 0.294 e. The summed E-state index contributed by atoms with van der Waals surface area (Å²) in [5.41, 5.74) is 0.346. The smallest absolute Gasteiger partial charge is 0.294 e. The number of nitrogens with one attached hydrogen (secondary N) is 1. The second-order valence-electron chi connectivity index (χ2n) is 6.28. The van der Waals surface area contributed by atoms with E-state index in [9.17, 15) is 23.2 Å². The molecule has 1 saturated heterocycles. The van der Waals surface area contributed by atoms with E-state index in [2.05, 4.69) is 5.32 Å². The fraction of sp³-hybridized carbons (Fsp3) is 0.190. The molecule has 162 valence electrons. The van der Waals surface area contributed by atoms with E-state index in [4.69, 9.17) is 9.47 Å². The number of amides is 3. The van der Waals surface area contributed by atoms with Gasteiger partial charge in [-0.25, -0.2) is 8.78 Å². The summed E-state index contributed by atoms with van der Waals surface area (Å²) in [6.07, 6.45) is 1.50. The van der Waals surface area contributed by atoms with E-state index in [0.29, 0.717) is 41.5 Å². The summed E-state index contributed by atoms with van der Waals surface area (Å²) in [6, 6.07) is 7.68. The number of thioether (sulfide) groups is 1. The Hall–Kier alpha value is -3.40. The van der Waals surface area contributed by atoms with Crippen molar-refractivity contribution < 1.29 is 32.6 Å². The number of benzene rings is 2. The van der Waals surface area contributed by atoms with Crippen LogP contribution < -0.4 is 14.8 Å². The summed E-state index contributed by atoms with van der Waals surface area (Å²) in [7, 11) is 1.48. The number of carbonyl (C=O) groups is 3. The van der Waals surface area contributed by atoms with Gasteiger partial charge in [-0.3, -0.25) is 19.3 Å². The Bertz CT molecular complexity index is 1070. The Labute approximate surface area is 181 Å². The van der Waals surface area contributed by atoms with E-state index >= 15 is 0 Å². The van der Waals surface area contributed by atoms with Crippen LogP contribution >= 0.6 is 11.8 Å². The molecule has 0 spiro atoms. The number of anilines is 1. The van der Waals surface area contributed by atoms with Crippen molar-refractivity contribution >= 4 is 40.6 Å². The van der Waals surface area contributed by atoms with Gasteiger partial charge >= 0.3 is 0 Å². The number of ether oxygens (including phenoxy) is 2. The highest BCUT2D eigenvalue weighted by Gasteiger charge is 2.36. The highest BCUT2D eigenvalue weighted by molar-refractivity contribution is 8.18. The summed E-state index contributed by atoms with van der Waals surface area (Å²) < 4.78 is 37.4. The fourth-order valence-corrected chi connectivity index (χ4v) is 3.60. The zero-order valence-electron chi connectivity index (χ0n) is 16.6. The zero-order chi connectivity index (χ0) is 22.5. The summed E-state index contributed by atoms with van der Waals surface area (Å²) in [5.74, 6) is -2.20. The monoisotopic (exact) mass is 448 g/mol. The van der Waals surface area contributed by atoms with Gasteiger partial charge in [0.25, 0.3) is 11.1 Å². The minimum atomic E-state index is -0.966. The van der Waals surface area contributed by atoms with Crippen molar-refractivity contribution in [2.45, 2.75) is 6.92 Å². The van der Waals surface area contributed by atoms with Crippen LogP contribution in [0.25, 0.3) is 6.08 Å². The minimum absolute atomic E-state index is 0.122. The van der Waals surface area contributed by atoms with Crippen LogP contribution in [0.1, 0.15) is 12.5 Å². The highest BCUT2D eigenvalue weighted by Crippen LogP contribution is 2.34. The quantitative estimate of drug-likeness (QED) is 0.644. The Morgan fingerprint density at radius 3 is 2.61 bits per heavy atom. The van der Waals surface area contributed by atoms with E-state index < -0.39 is 35.2 Å². The molecule has 31 heavy (non-hydrogen) atoms. The molecule has 0 bridgehead atoms. The van der Waals surface area contributed by atoms with Gasteiger partial charge in [0.05, 0.1) is 24.3 Å². The molecule has 3 rings (SSSR count). The van der Waals surface area contributed by atoms with E-state index in [1.54, 1.807) is 18.2 Å². The number of nitrogens with zero attached hydrogens (tertiary/aromatic N) is 1. The van der Waals surface area contributed by atoms with Gasteiger partial charge in [-0.05, 0) is 54.6 Å². The zero-order valence-corrected chi connectivity index (χ0v) is 17.4. The van der Waals surface area contributed by atoms with Crippen LogP contribution in [0.4, 0.5) is 19.3 Å². The van der Waals surface area contributed by atoms with E-state index in [-0.39, 0.29) is 10.6 Å². The molecule has 1 N–H and O–H groups in total. The first-order valence-corrected chi connectivity index (χ1v) is 9.95. The largest absolute Gasteiger partial charge is 0.493 e. The third-order valence-electron chi connectivity index (χ3n) is 4.17. The van der Waals surface area contributed by atoms with Crippen LogP contribution in [0.3, 0.4) is 0 Å². The van der Waals surface area contributed by atoms with Crippen molar-refractivity contribution in [1.82, 2.24) is 4.90 Å². The molecule has 0 atom stereocenters. The average Bonchev–Trinajstić information content (AvgIpc) is 2.98. The van der Waals surface area contributed by atoms with Gasteiger partial charge in [-0.15, -0.1) is 0 Å². The molecule has 0 radical (unpaired) electrons. The molecule has 1 heterocycles. The predicted octanol–water partition coefficient (Wildman–Crippen LogP) is 4.05. The lowest BCUT2D eigenvalue weighted by atomic mass is 10.2. The average molecular weight is 448 g/mol. The molecule has 3 amide bonds. The first kappa shape index (κ1) is 22.3. The number of hydrogen-bond donors (Lipinski definition) is 1. The predicted molar refractivity (Wildman–Crippen MR) is 112 cm³/mol. The number of methoxy groups -OCH3 is 1. The summed E-state index contributed by atoms with van der Waals surface area (Å²) >= 11 is 0.681. The van der Waals surface area contributed by atoms with Crippen molar-refractivity contribution in [3.63, 3.8) is 0 Å². The van der Waals surface area contributed by atoms with Crippen molar-refractivity contribution in [3.05, 3.63) is 58.5 Å². The molecule has 0 saturated carbocycles. The topological polar surface area (TPSA) is 84.9 Å². The van der Waals surface area contributed by atoms with E-state index in [0.717, 1.165) is 17.0 Å². The molecule has 0 unspecified atom stereocenters. The molecule has 2 aromatic carbocycles. The van der Waals surface area contributed by atoms with Crippen LogP contribution in [0.2, 0.25) is 0 Å². The van der Waals surface area contributed by atoms with Crippen molar-refractivity contribution in [2.24, 2.45) is 0 Å². The molecule has 1 fully saturated rings. The first-order valence-electron chi connectivity index (χ1n) is 9.13. The Kier molecular flexibility index (Phi) is 6.91. The molecule has 1 aliphatic rings. The third-order valence-corrected chi connectivity index (χ3v) is 5.07. The van der Waals surface area contributed by atoms with Crippen LogP contribution in [0, 0.1) is 11.6 Å². The third kappa shape index (κ3) is 5.21. The van der Waals surface area contributed by atoms with Gasteiger partial charge in [-0.1, -0.05) is 6.07 Å². The maximum atomic E-state index is 13.7. The molecule has 1 aliphatic heterocycles. The second kappa shape index (κ2) is 9.61. The lowest BCUT2D eigenvalue weighted by Crippen LogP contribution is -2.36. The molecular formula is C21H18F2N2O5S. The van der Waals surface area contributed by atoms with Gasteiger partial charge in [0.2, 0.25) is 5.91 Å². The Morgan fingerprint density at radius 2 is 1.94 bits per heavy atom. The Morgan fingerprint density at radius 1 is 1.16 bits per heavy atom. The van der Waals surface area contributed by atoms with Gasteiger partial charge in [0, 0.05) is 6.07 Å². The van der Waals surface area contributed by atoms with Crippen LogP contribution in [-0.4, -0.2) is 42.2 Å². The van der Waals surface area contributed by atoms with E-state index in [1.165, 1.54) is 13.2 Å². The second-order valence-corrected chi connectivity index (χ2v) is 7.28. The first-order chi connectivity index (χ1) is 14.8. The number of hydrogen-bond acceptors (Lipinski definition) is 6. The summed E-state index contributed by atoms with van der Waals surface area (Å²) in [6.45, 7) is 1.69. The van der Waals surface area contributed by atoms with Crippen molar-refractivity contribution in [2.75, 3.05) is 25.6 Å². The van der Waals surface area contributed by atoms with Crippen LogP contribution in [-0.2, 0) is 9.59 Å². The summed E-state index contributed by atoms with van der Waals surface area (Å²) in [4.78, 5) is 37.9. The SMILES string of the molecule is CCOc1ccc(/C=C2/SC(=O)N(CC(=O)Nc3ccc(F)cc3F)C2=O)cc1OC. The molecule has 0 aromatic heterocycles. The minimum Gasteiger partial charge on any atom is -0.493 e. The molecule has 2 aromatic rings. The normalized spacial score (nSPS) is 14.8. The summed E-state index contributed by atoms with van der Waals surface area (Å²) in [5, 5.41) is 1.58. The number of imide groups is 1. The van der Waals surface area contributed by atoms with Crippen LogP contribution in [0.5, 0.6) is 11.5 Å². The number of halogens is 2. The van der Waals surface area contributed by atoms with Crippen molar-refractivity contribution in [1.29, 1.82) is 0 Å².